The summed E-state index contributed by atoms with van der Waals surface area (Å²) < 4.78 is 3.64. The standard InChI is InChI=1S/C19H18N8/c1-3-26-12-17(13(2)25-26)23-19-21-9-16-10-22-27(18(16)24-19)11-15-7-5-4-6-14(15)8-20/h4-7,9-10,12H,3,11H2,1-2H3,(H,21,23,24). The third-order valence-corrected chi connectivity index (χ3v) is 4.35. The van der Waals surface area contributed by atoms with Crippen molar-refractivity contribution >= 4 is 22.7 Å². The molecule has 0 unspecified atom stereocenters. The van der Waals surface area contributed by atoms with Gasteiger partial charge in [-0.2, -0.15) is 20.4 Å². The summed E-state index contributed by atoms with van der Waals surface area (Å²) in [7, 11) is 0. The molecule has 3 aromatic heterocycles. The molecule has 0 atom stereocenters. The summed E-state index contributed by atoms with van der Waals surface area (Å²) in [6, 6.07) is 9.72. The highest BCUT2D eigenvalue weighted by Crippen LogP contribution is 2.20. The maximum atomic E-state index is 9.29. The second kappa shape index (κ2) is 6.88. The second-order valence-electron chi connectivity index (χ2n) is 6.15. The summed E-state index contributed by atoms with van der Waals surface area (Å²) in [5, 5.41) is 22.2. The number of rotatable bonds is 5. The van der Waals surface area contributed by atoms with E-state index in [4.69, 9.17) is 0 Å². The Hall–Kier alpha value is -3.73. The number of benzene rings is 1. The van der Waals surface area contributed by atoms with E-state index in [2.05, 4.69) is 31.6 Å². The van der Waals surface area contributed by atoms with Gasteiger partial charge in [0.1, 0.15) is 0 Å². The number of hydrogen-bond acceptors (Lipinski definition) is 6. The van der Waals surface area contributed by atoms with Crippen molar-refractivity contribution in [1.82, 2.24) is 29.5 Å². The molecule has 0 spiro atoms. The van der Waals surface area contributed by atoms with Crippen LogP contribution in [0.1, 0.15) is 23.7 Å². The van der Waals surface area contributed by atoms with Crippen LogP contribution in [0.15, 0.2) is 42.9 Å². The Kier molecular flexibility index (Phi) is 4.26. The van der Waals surface area contributed by atoms with Crippen LogP contribution < -0.4 is 5.32 Å². The average Bonchev–Trinajstić information content (AvgIpc) is 3.25. The molecular formula is C19H18N8. The van der Waals surface area contributed by atoms with Gasteiger partial charge in [0.25, 0.3) is 0 Å². The summed E-state index contributed by atoms with van der Waals surface area (Å²) >= 11 is 0. The highest BCUT2D eigenvalue weighted by atomic mass is 15.3. The lowest BCUT2D eigenvalue weighted by Gasteiger charge is -2.07. The van der Waals surface area contributed by atoms with Gasteiger partial charge in [-0.25, -0.2) is 9.67 Å². The predicted octanol–water partition coefficient (Wildman–Crippen LogP) is 3.01. The molecule has 3 heterocycles. The molecule has 4 aromatic rings. The molecule has 1 N–H and O–H groups in total. The molecule has 0 fully saturated rings. The molecule has 0 radical (unpaired) electrons. The van der Waals surface area contributed by atoms with Crippen LogP contribution in [0.25, 0.3) is 11.0 Å². The molecule has 0 aliphatic carbocycles. The lowest BCUT2D eigenvalue weighted by Crippen LogP contribution is -2.05. The smallest absolute Gasteiger partial charge is 0.229 e. The average molecular weight is 358 g/mol. The van der Waals surface area contributed by atoms with Gasteiger partial charge in [0.15, 0.2) is 5.65 Å². The van der Waals surface area contributed by atoms with Crippen molar-refractivity contribution in [3.8, 4) is 6.07 Å². The third-order valence-electron chi connectivity index (χ3n) is 4.35. The molecule has 27 heavy (non-hydrogen) atoms. The normalized spacial score (nSPS) is 10.9. The van der Waals surface area contributed by atoms with Crippen LogP contribution in [0.4, 0.5) is 11.6 Å². The van der Waals surface area contributed by atoms with E-state index < -0.39 is 0 Å². The fourth-order valence-corrected chi connectivity index (χ4v) is 2.89. The van der Waals surface area contributed by atoms with Crippen LogP contribution in [-0.2, 0) is 13.1 Å². The first-order valence-corrected chi connectivity index (χ1v) is 8.65. The quantitative estimate of drug-likeness (QED) is 0.589. The summed E-state index contributed by atoms with van der Waals surface area (Å²) in [5.41, 5.74) is 4.00. The van der Waals surface area contributed by atoms with Crippen molar-refractivity contribution in [3.05, 3.63) is 59.7 Å². The number of hydrogen-bond donors (Lipinski definition) is 1. The zero-order chi connectivity index (χ0) is 18.8. The fraction of sp³-hybridized carbons (Fsp3) is 0.211. The lowest BCUT2D eigenvalue weighted by atomic mass is 10.1. The predicted molar refractivity (Wildman–Crippen MR) is 102 cm³/mol. The molecular weight excluding hydrogens is 340 g/mol. The van der Waals surface area contributed by atoms with Crippen LogP contribution >= 0.6 is 0 Å². The minimum atomic E-state index is 0.469. The first-order chi connectivity index (χ1) is 13.2. The first kappa shape index (κ1) is 16.7. The molecule has 0 aliphatic heterocycles. The Labute approximate surface area is 156 Å². The molecule has 0 aliphatic rings. The molecule has 8 heteroatoms. The summed E-state index contributed by atoms with van der Waals surface area (Å²) in [5.74, 6) is 0.483. The summed E-state index contributed by atoms with van der Waals surface area (Å²) in [6.45, 7) is 5.25. The van der Waals surface area contributed by atoms with E-state index in [1.54, 1.807) is 23.1 Å². The number of nitrogens with zero attached hydrogens (tertiary/aromatic N) is 7. The van der Waals surface area contributed by atoms with Crippen molar-refractivity contribution in [1.29, 1.82) is 5.26 Å². The third kappa shape index (κ3) is 3.22. The summed E-state index contributed by atoms with van der Waals surface area (Å²) in [4.78, 5) is 8.98. The van der Waals surface area contributed by atoms with Crippen molar-refractivity contribution < 1.29 is 0 Å². The van der Waals surface area contributed by atoms with Gasteiger partial charge < -0.3 is 5.32 Å². The zero-order valence-electron chi connectivity index (χ0n) is 15.1. The van der Waals surface area contributed by atoms with E-state index in [0.717, 1.165) is 28.9 Å². The van der Waals surface area contributed by atoms with Crippen LogP contribution in [-0.4, -0.2) is 29.5 Å². The number of aromatic nitrogens is 6. The molecule has 1 aromatic carbocycles. The Balaban J connectivity index is 1.67. The van der Waals surface area contributed by atoms with Crippen molar-refractivity contribution in [2.24, 2.45) is 0 Å². The zero-order valence-corrected chi connectivity index (χ0v) is 15.1. The van der Waals surface area contributed by atoms with Crippen molar-refractivity contribution in [3.63, 3.8) is 0 Å². The van der Waals surface area contributed by atoms with E-state index in [1.165, 1.54) is 0 Å². The van der Waals surface area contributed by atoms with Gasteiger partial charge in [0, 0.05) is 18.9 Å². The van der Waals surface area contributed by atoms with Gasteiger partial charge in [-0.15, -0.1) is 0 Å². The maximum absolute atomic E-state index is 9.29. The topological polar surface area (TPSA) is 97.2 Å². The number of nitriles is 1. The SMILES string of the molecule is CCn1cc(Nc2ncc3cnn(Cc4ccccc4C#N)c3n2)c(C)n1. The molecule has 4 rings (SSSR count). The highest BCUT2D eigenvalue weighted by molar-refractivity contribution is 5.75. The first-order valence-electron chi connectivity index (χ1n) is 8.65. The number of nitrogens with one attached hydrogen (secondary N) is 1. The van der Waals surface area contributed by atoms with Crippen molar-refractivity contribution in [2.45, 2.75) is 26.9 Å². The minimum Gasteiger partial charge on any atom is -0.321 e. The number of anilines is 2. The molecule has 8 nitrogen and oxygen atoms in total. The Bertz CT molecular complexity index is 1150. The van der Waals surface area contributed by atoms with Gasteiger partial charge in [0.05, 0.1) is 41.1 Å². The largest absolute Gasteiger partial charge is 0.321 e. The monoisotopic (exact) mass is 358 g/mol. The van der Waals surface area contributed by atoms with Gasteiger partial charge in [-0.1, -0.05) is 18.2 Å². The van der Waals surface area contributed by atoms with E-state index in [-0.39, 0.29) is 0 Å². The summed E-state index contributed by atoms with van der Waals surface area (Å²) in [6.07, 6.45) is 5.40. The Morgan fingerprint density at radius 1 is 1.22 bits per heavy atom. The van der Waals surface area contributed by atoms with Gasteiger partial charge >= 0.3 is 0 Å². The van der Waals surface area contributed by atoms with Gasteiger partial charge in [0.2, 0.25) is 5.95 Å². The van der Waals surface area contributed by atoms with E-state index in [1.807, 2.05) is 42.9 Å². The fourth-order valence-electron chi connectivity index (χ4n) is 2.89. The van der Waals surface area contributed by atoms with Crippen LogP contribution in [0.5, 0.6) is 0 Å². The van der Waals surface area contributed by atoms with Crippen LogP contribution in [0, 0.1) is 18.3 Å². The second-order valence-corrected chi connectivity index (χ2v) is 6.15. The molecule has 0 saturated carbocycles. The highest BCUT2D eigenvalue weighted by Gasteiger charge is 2.11. The minimum absolute atomic E-state index is 0.469. The number of aryl methyl sites for hydroxylation is 2. The van der Waals surface area contributed by atoms with Gasteiger partial charge in [-0.3, -0.25) is 4.68 Å². The molecule has 134 valence electrons. The molecule has 0 amide bonds. The van der Waals surface area contributed by atoms with Crippen LogP contribution in [0.2, 0.25) is 0 Å². The molecule has 0 bridgehead atoms. The molecule has 0 saturated heterocycles. The lowest BCUT2D eigenvalue weighted by molar-refractivity contribution is 0.653. The Morgan fingerprint density at radius 3 is 2.85 bits per heavy atom. The van der Waals surface area contributed by atoms with E-state index >= 15 is 0 Å². The Morgan fingerprint density at radius 2 is 2.07 bits per heavy atom. The maximum Gasteiger partial charge on any atom is 0.229 e. The van der Waals surface area contributed by atoms with E-state index in [0.29, 0.717) is 23.7 Å². The van der Waals surface area contributed by atoms with Gasteiger partial charge in [-0.05, 0) is 25.5 Å². The number of fused-ring (bicyclic) bond motifs is 1. The van der Waals surface area contributed by atoms with Crippen molar-refractivity contribution in [2.75, 3.05) is 5.32 Å². The van der Waals surface area contributed by atoms with E-state index in [9.17, 15) is 5.26 Å². The van der Waals surface area contributed by atoms with Crippen LogP contribution in [0.3, 0.4) is 0 Å².